The zero-order valence-corrected chi connectivity index (χ0v) is 32.9. The first kappa shape index (κ1) is 35.0. The Labute approximate surface area is 299 Å². The van der Waals surface area contributed by atoms with Gasteiger partial charge in [0.15, 0.2) is 0 Å². The Morgan fingerprint density at radius 3 is 1.37 bits per heavy atom. The van der Waals surface area contributed by atoms with Crippen LogP contribution in [0.4, 0.5) is 4.39 Å². The van der Waals surface area contributed by atoms with Gasteiger partial charge >= 0.3 is 0 Å². The Morgan fingerprint density at radius 1 is 0.449 bits per heavy atom. The van der Waals surface area contributed by atoms with E-state index in [4.69, 9.17) is 0 Å². The molecule has 6 aliphatic carbocycles. The second kappa shape index (κ2) is 12.7. The molecule has 0 saturated carbocycles. The van der Waals surface area contributed by atoms with Gasteiger partial charge in [0, 0.05) is 12.8 Å². The van der Waals surface area contributed by atoms with Crippen molar-refractivity contribution in [2.75, 3.05) is 0 Å². The summed E-state index contributed by atoms with van der Waals surface area (Å²) in [6.45, 7) is 23.5. The fraction of sp³-hybridized carbons (Fsp3) is 0.625. The van der Waals surface area contributed by atoms with Crippen molar-refractivity contribution in [2.45, 2.75) is 194 Å². The largest absolute Gasteiger partial charge is 0.247 e. The predicted octanol–water partition coefficient (Wildman–Crippen LogP) is 12.0. The van der Waals surface area contributed by atoms with Gasteiger partial charge in [-0.3, -0.25) is 0 Å². The van der Waals surface area contributed by atoms with Gasteiger partial charge in [0.2, 0.25) is 0 Å². The first-order valence-electron chi connectivity index (χ1n) is 20.2. The first-order valence-corrected chi connectivity index (χ1v) is 20.2. The Balaban J connectivity index is 0.000000116. The summed E-state index contributed by atoms with van der Waals surface area (Å²) in [5.41, 5.74) is 24.9. The summed E-state index contributed by atoms with van der Waals surface area (Å²) < 4.78 is 13.7. The molecular weight excluding hydrogens is 596 g/mol. The minimum atomic E-state index is -0.645. The standard InChI is InChI=1S/C17H24.C16H21F.C15H20/c1-11-8-9-13-10-12-6-5-7-14(12)16(15(11)13)17(2,3)4;1-16(2,3)15-13-6-4-5-10(13)7-11-8-12(17)9-14(11)15;1-15(2,3)14-12-6-4-5-10(12)9-11-7-8-13(11)14/h10-11H,5-9H2,1-4H3;7,12H,4-6,8-9H2,1-3H3;9H,4-8H2,1-3H3. The van der Waals surface area contributed by atoms with Crippen LogP contribution >= 0.6 is 0 Å². The maximum absolute atomic E-state index is 13.7. The third-order valence-electron chi connectivity index (χ3n) is 12.8. The van der Waals surface area contributed by atoms with Crippen molar-refractivity contribution in [1.82, 2.24) is 0 Å². The highest BCUT2D eigenvalue weighted by Crippen LogP contribution is 2.46. The molecule has 0 aromatic heterocycles. The van der Waals surface area contributed by atoms with Crippen LogP contribution in [-0.2, 0) is 86.9 Å². The van der Waals surface area contributed by atoms with Crippen molar-refractivity contribution in [2.24, 2.45) is 0 Å². The lowest BCUT2D eigenvalue weighted by molar-refractivity contribution is 0.348. The highest BCUT2D eigenvalue weighted by atomic mass is 19.1. The van der Waals surface area contributed by atoms with Crippen molar-refractivity contribution in [3.05, 3.63) is 102 Å². The van der Waals surface area contributed by atoms with Crippen molar-refractivity contribution < 1.29 is 4.39 Å². The van der Waals surface area contributed by atoms with Crippen LogP contribution in [0.1, 0.15) is 184 Å². The van der Waals surface area contributed by atoms with E-state index in [9.17, 15) is 4.39 Å². The minimum Gasteiger partial charge on any atom is -0.247 e. The van der Waals surface area contributed by atoms with Crippen LogP contribution in [-0.4, -0.2) is 6.17 Å². The van der Waals surface area contributed by atoms with E-state index in [1.54, 1.807) is 61.2 Å². The molecule has 0 fully saturated rings. The van der Waals surface area contributed by atoms with E-state index >= 15 is 0 Å². The average Bonchev–Trinajstić information content (AvgIpc) is 3.81. The van der Waals surface area contributed by atoms with Gasteiger partial charge in [-0.2, -0.15) is 0 Å². The molecule has 3 aromatic carbocycles. The van der Waals surface area contributed by atoms with Crippen LogP contribution in [0.15, 0.2) is 18.2 Å². The predicted molar refractivity (Wildman–Crippen MR) is 208 cm³/mol. The molecule has 0 saturated heterocycles. The second-order valence-electron chi connectivity index (χ2n) is 19.8. The zero-order chi connectivity index (χ0) is 35.0. The summed E-state index contributed by atoms with van der Waals surface area (Å²) in [6, 6.07) is 7.33. The van der Waals surface area contributed by atoms with Gasteiger partial charge in [-0.15, -0.1) is 0 Å². The molecule has 9 rings (SSSR count). The van der Waals surface area contributed by atoms with Gasteiger partial charge in [0.05, 0.1) is 0 Å². The number of fused-ring (bicyclic) bond motifs is 6. The Hall–Kier alpha value is -2.41. The molecule has 0 heterocycles. The second-order valence-corrected chi connectivity index (χ2v) is 19.8. The van der Waals surface area contributed by atoms with Crippen molar-refractivity contribution in [1.29, 1.82) is 0 Å². The first-order chi connectivity index (χ1) is 23.0. The smallest absolute Gasteiger partial charge is 0.108 e. The molecule has 0 spiro atoms. The lowest BCUT2D eigenvalue weighted by Gasteiger charge is -2.33. The molecule has 49 heavy (non-hydrogen) atoms. The number of halogens is 1. The van der Waals surface area contributed by atoms with Crippen molar-refractivity contribution in [3.63, 3.8) is 0 Å². The molecule has 2 atom stereocenters. The molecule has 264 valence electrons. The summed E-state index contributed by atoms with van der Waals surface area (Å²) in [5, 5.41) is 0. The summed E-state index contributed by atoms with van der Waals surface area (Å²) >= 11 is 0. The molecule has 0 N–H and O–H groups in total. The van der Waals surface area contributed by atoms with E-state index in [-0.39, 0.29) is 5.41 Å². The molecule has 1 heteroatoms. The minimum absolute atomic E-state index is 0.157. The SMILES string of the molecule is CC(C)(C)c1c2c(cc3c1CC(F)C3)CCC2.CC(C)(C)c1c2c(cc3c1CC3)CCC2.CC1CCc2cc3c(c(C(C)(C)C)c21)CCC3. The normalized spacial score (nSPS) is 21.4. The van der Waals surface area contributed by atoms with Crippen LogP contribution in [0.3, 0.4) is 0 Å². The van der Waals surface area contributed by atoms with Gasteiger partial charge < -0.3 is 0 Å². The summed E-state index contributed by atoms with van der Waals surface area (Å²) in [4.78, 5) is 0. The van der Waals surface area contributed by atoms with E-state index in [0.717, 1.165) is 5.92 Å². The topological polar surface area (TPSA) is 0 Å². The number of alkyl halides is 1. The molecule has 0 nitrogen and oxygen atoms in total. The third-order valence-corrected chi connectivity index (χ3v) is 12.8. The van der Waals surface area contributed by atoms with Crippen LogP contribution in [0, 0.1) is 0 Å². The fourth-order valence-electron chi connectivity index (χ4n) is 11.0. The van der Waals surface area contributed by atoms with E-state index in [0.29, 0.717) is 23.7 Å². The Kier molecular flexibility index (Phi) is 9.05. The monoisotopic (exact) mass is 661 g/mol. The molecule has 0 amide bonds. The van der Waals surface area contributed by atoms with Crippen LogP contribution in [0.2, 0.25) is 0 Å². The average molecular weight is 661 g/mol. The molecule has 0 aliphatic heterocycles. The highest BCUT2D eigenvalue weighted by Gasteiger charge is 2.35. The number of rotatable bonds is 0. The fourth-order valence-corrected chi connectivity index (χ4v) is 11.0. The number of aryl methyl sites for hydroxylation is 5. The van der Waals surface area contributed by atoms with E-state index in [1.165, 1.54) is 106 Å². The maximum atomic E-state index is 13.7. The van der Waals surface area contributed by atoms with E-state index < -0.39 is 6.17 Å². The highest BCUT2D eigenvalue weighted by molar-refractivity contribution is 5.56. The molecule has 0 radical (unpaired) electrons. The van der Waals surface area contributed by atoms with Crippen LogP contribution in [0.5, 0.6) is 0 Å². The maximum Gasteiger partial charge on any atom is 0.108 e. The number of hydrogen-bond donors (Lipinski definition) is 0. The van der Waals surface area contributed by atoms with E-state index in [2.05, 4.69) is 87.4 Å². The molecule has 0 bridgehead atoms. The number of hydrogen-bond acceptors (Lipinski definition) is 0. The van der Waals surface area contributed by atoms with Gasteiger partial charge in [-0.1, -0.05) is 87.4 Å². The van der Waals surface area contributed by atoms with Gasteiger partial charge in [0.1, 0.15) is 6.17 Å². The van der Waals surface area contributed by atoms with Gasteiger partial charge in [-0.25, -0.2) is 4.39 Å². The summed E-state index contributed by atoms with van der Waals surface area (Å²) in [7, 11) is 0. The van der Waals surface area contributed by atoms with Gasteiger partial charge in [-0.05, 0) is 189 Å². The third kappa shape index (κ3) is 6.48. The molecule has 3 aromatic rings. The summed E-state index contributed by atoms with van der Waals surface area (Å²) in [6.07, 6.45) is 17.7. The molecule has 6 aliphatic rings. The molecular formula is C48H65F. The van der Waals surface area contributed by atoms with E-state index in [1.807, 2.05) is 0 Å². The lowest BCUT2D eigenvalue weighted by Crippen LogP contribution is -2.23. The quantitative estimate of drug-likeness (QED) is 0.225. The van der Waals surface area contributed by atoms with Gasteiger partial charge in [0.25, 0.3) is 0 Å². The van der Waals surface area contributed by atoms with Crippen molar-refractivity contribution >= 4 is 0 Å². The van der Waals surface area contributed by atoms with Crippen LogP contribution < -0.4 is 0 Å². The van der Waals surface area contributed by atoms with Crippen LogP contribution in [0.25, 0.3) is 0 Å². The summed E-state index contributed by atoms with van der Waals surface area (Å²) in [5.74, 6) is 0.783. The molecule has 2 unspecified atom stereocenters. The zero-order valence-electron chi connectivity index (χ0n) is 32.9. The van der Waals surface area contributed by atoms with Crippen molar-refractivity contribution in [3.8, 4) is 0 Å². The Morgan fingerprint density at radius 2 is 0.878 bits per heavy atom. The number of benzene rings is 3. The lowest BCUT2D eigenvalue weighted by atomic mass is 9.72. The Bertz CT molecular complexity index is 1760.